The van der Waals surface area contributed by atoms with Crippen LogP contribution in [0.15, 0.2) is 12.1 Å². The first-order chi connectivity index (χ1) is 8.33. The van der Waals surface area contributed by atoms with Crippen molar-refractivity contribution in [2.45, 2.75) is 0 Å². The monoisotopic (exact) mass is 348 g/mol. The van der Waals surface area contributed by atoms with E-state index >= 15 is 0 Å². The molecule has 1 heterocycles. The van der Waals surface area contributed by atoms with Crippen LogP contribution in [0.5, 0.6) is 0 Å². The van der Waals surface area contributed by atoms with Crippen LogP contribution >= 0.6 is 0 Å². The fourth-order valence-corrected chi connectivity index (χ4v) is 0.868. The summed E-state index contributed by atoms with van der Waals surface area (Å²) in [7, 11) is 0. The van der Waals surface area contributed by atoms with Crippen LogP contribution in [0, 0.1) is 0 Å². The summed E-state index contributed by atoms with van der Waals surface area (Å²) in [4.78, 5) is 43.2. The normalized spacial score (nSPS) is 8.05. The van der Waals surface area contributed by atoms with Gasteiger partial charge in [0.2, 0.25) is 0 Å². The Morgan fingerprint density at radius 1 is 1.16 bits per heavy atom. The van der Waals surface area contributed by atoms with Gasteiger partial charge in [-0.1, -0.05) is 0 Å². The Kier molecular flexibility index (Phi) is 9.65. The fraction of sp³-hybridized carbons (Fsp3) is 0. The summed E-state index contributed by atoms with van der Waals surface area (Å²) in [5.74, 6) is -4.69. The van der Waals surface area contributed by atoms with Crippen LogP contribution in [0.25, 0.3) is 0 Å². The minimum absolute atomic E-state index is 0. The number of rotatable bonds is 3. The van der Waals surface area contributed by atoms with E-state index in [2.05, 4.69) is 4.98 Å². The van der Waals surface area contributed by atoms with E-state index in [-0.39, 0.29) is 18.9 Å². The fourth-order valence-electron chi connectivity index (χ4n) is 0.868. The second-order valence-electron chi connectivity index (χ2n) is 2.59. The van der Waals surface area contributed by atoms with E-state index in [1.807, 2.05) is 17.9 Å². The van der Waals surface area contributed by atoms with E-state index in [0.717, 1.165) is 12.1 Å². The molecule has 0 saturated carbocycles. The van der Waals surface area contributed by atoms with Gasteiger partial charge in [0.15, 0.2) is 0 Å². The Labute approximate surface area is 127 Å². The number of aromatic nitrogens is 1. The van der Waals surface area contributed by atoms with Crippen molar-refractivity contribution in [3.05, 3.63) is 29.1 Å². The zero-order chi connectivity index (χ0) is 14.3. The molecule has 0 bridgehead atoms. The van der Waals surface area contributed by atoms with Crippen molar-refractivity contribution in [1.29, 1.82) is 0 Å². The molecule has 0 radical (unpaired) electrons. The molecule has 0 aromatic carbocycles. The summed E-state index contributed by atoms with van der Waals surface area (Å²) in [6.45, 7) is 0. The largest absolute Gasteiger partial charge is 1.00 e. The smallest absolute Gasteiger partial charge is 1.00 e. The van der Waals surface area contributed by atoms with Crippen LogP contribution in [0.3, 0.4) is 0 Å². The second-order valence-corrected chi connectivity index (χ2v) is 2.93. The van der Waals surface area contributed by atoms with Gasteiger partial charge in [0.05, 0.1) is 17.2 Å². The molecule has 0 amide bonds. The quantitative estimate of drug-likeness (QED) is 0.520. The van der Waals surface area contributed by atoms with Crippen LogP contribution in [0.1, 0.15) is 31.3 Å². The van der Waals surface area contributed by atoms with Gasteiger partial charge in [0, 0.05) is 0 Å². The maximum absolute atomic E-state index is 10.5. The third-order valence-electron chi connectivity index (χ3n) is 1.50. The van der Waals surface area contributed by atoms with Gasteiger partial charge in [-0.15, -0.1) is 0 Å². The summed E-state index contributed by atoms with van der Waals surface area (Å²) in [6, 6.07) is 1.49. The number of carbonyl (C=O) groups excluding carboxylic acids is 2. The van der Waals surface area contributed by atoms with Gasteiger partial charge in [-0.05, 0) is 12.1 Å². The maximum atomic E-state index is 10.5. The van der Waals surface area contributed by atoms with Gasteiger partial charge in [0.25, 0.3) is 0 Å². The van der Waals surface area contributed by atoms with Crippen LogP contribution < -0.4 is 24.0 Å². The van der Waals surface area contributed by atoms with Gasteiger partial charge in [-0.3, -0.25) is 0 Å². The number of hydrogen-bond acceptors (Lipinski definition) is 6. The molecule has 0 saturated heterocycles. The van der Waals surface area contributed by atoms with Gasteiger partial charge < -0.3 is 20.1 Å². The van der Waals surface area contributed by atoms with Gasteiger partial charge in [-0.25, -0.2) is 14.6 Å². The molecule has 2 N–H and O–H groups in total. The zero-order valence-corrected chi connectivity index (χ0v) is 11.0. The van der Waals surface area contributed by atoms with Crippen molar-refractivity contribution in [2.24, 2.45) is 0 Å². The number of carboxylic acid groups (broad SMARTS) is 3. The molecule has 0 fully saturated rings. The average Bonchev–Trinajstić information content (AvgIpc) is 2.29. The maximum Gasteiger partial charge on any atom is 1.00 e. The minimum Gasteiger partial charge on any atom is 1.00 e. The van der Waals surface area contributed by atoms with E-state index in [0.29, 0.717) is 0 Å². The van der Waals surface area contributed by atoms with E-state index in [1.165, 1.54) is 4.47 Å². The summed E-state index contributed by atoms with van der Waals surface area (Å²) in [6.07, 6.45) is 0. The molecule has 0 unspecified atom stereocenters. The molecule has 97 valence electrons. The van der Waals surface area contributed by atoms with Crippen LogP contribution in [0.4, 0.5) is 0 Å². The third kappa shape index (κ3) is 6.75. The van der Waals surface area contributed by atoms with Crippen LogP contribution in [-0.2, 0) is 22.6 Å². The van der Waals surface area contributed by atoms with E-state index < -0.39 is 34.9 Å². The molecule has 0 aliphatic carbocycles. The van der Waals surface area contributed by atoms with E-state index in [1.54, 1.807) is 0 Å². The molecular weight excluding hydrogens is 344 g/mol. The van der Waals surface area contributed by atoms with Crippen molar-refractivity contribution in [3.63, 3.8) is 0 Å². The molecule has 0 aliphatic rings. The predicted molar refractivity (Wildman–Crippen MR) is 48.2 cm³/mol. The molecule has 1 aromatic rings. The number of nitrogens with zero attached hydrogens (tertiary/aromatic N) is 1. The first kappa shape index (κ1) is 19.7. The third-order valence-corrected chi connectivity index (χ3v) is 1.50. The minimum atomic E-state index is -1.74. The number of carbonyl (C=O) groups is 3. The zero-order valence-electron chi connectivity index (χ0n) is 9.37. The Morgan fingerprint density at radius 3 is 1.89 bits per heavy atom. The molecule has 10 heteroatoms. The number of carboxylic acids is 3. The van der Waals surface area contributed by atoms with Gasteiger partial charge >= 0.3 is 57.9 Å². The summed E-state index contributed by atoms with van der Waals surface area (Å²) >= 11 is 1.92. The van der Waals surface area contributed by atoms with Crippen molar-refractivity contribution in [2.75, 3.05) is 0 Å². The molecule has 1 rings (SSSR count). The first-order valence-corrected chi connectivity index (χ1v) is 4.81. The van der Waals surface area contributed by atoms with Crippen molar-refractivity contribution < 1.29 is 71.2 Å². The van der Waals surface area contributed by atoms with Crippen LogP contribution in [0.2, 0.25) is 0 Å². The topological polar surface area (TPSA) is 145 Å². The first-order valence-electron chi connectivity index (χ1n) is 3.99. The molecule has 1 aromatic heterocycles. The number of hydrogen-bond donors (Lipinski definition) is 2. The number of pyridine rings is 1. The Bertz CT molecular complexity index is 460. The van der Waals surface area contributed by atoms with Gasteiger partial charge in [-0.2, -0.15) is 0 Å². The Morgan fingerprint density at radius 2 is 1.58 bits per heavy atom. The van der Waals surface area contributed by atoms with Gasteiger partial charge in [0.1, 0.15) is 5.69 Å². The number of aromatic carboxylic acids is 3. The molecule has 0 atom stereocenters. The molecular formula is C9H4LiNO7Rh. The van der Waals surface area contributed by atoms with E-state index in [4.69, 9.17) is 15.0 Å². The molecule has 0 aliphatic heterocycles. The predicted octanol–water partition coefficient (Wildman–Crippen LogP) is -4.55. The van der Waals surface area contributed by atoms with Crippen LogP contribution in [-0.4, -0.2) is 37.6 Å². The summed E-state index contributed by atoms with van der Waals surface area (Å²) < 4.78 is 1.39. The summed E-state index contributed by atoms with van der Waals surface area (Å²) in [5.41, 5.74) is -1.86. The summed E-state index contributed by atoms with van der Waals surface area (Å²) in [5, 5.41) is 27.5. The van der Waals surface area contributed by atoms with E-state index in [9.17, 15) is 19.5 Å². The Balaban J connectivity index is 0. The van der Waals surface area contributed by atoms with Crippen molar-refractivity contribution >= 4 is 22.4 Å². The van der Waals surface area contributed by atoms with Crippen molar-refractivity contribution in [1.82, 2.24) is 4.98 Å². The SMILES string of the molecule is O=C(O)c1cc(C(=O)[O-])nc(C(=O)O)c1.O=[C]=[Rh].[Li+]. The van der Waals surface area contributed by atoms with Crippen molar-refractivity contribution in [3.8, 4) is 0 Å². The second kappa shape index (κ2) is 9.31. The standard InChI is InChI=1S/C8H5NO6.CO.Li.Rh/c10-6(11)3-1-4(7(12)13)9-5(2-3)8(14)15;1-2;;/h1-2H,(H,10,11)(H,12,13)(H,14,15);;;/q;;+1;/p-1. The Hall–Kier alpha value is -1.64. The average molecular weight is 348 g/mol. The molecule has 0 spiro atoms. The molecule has 19 heavy (non-hydrogen) atoms. The molecule has 8 nitrogen and oxygen atoms in total.